The number of fused-ring (bicyclic) bond motifs is 3. The highest BCUT2D eigenvalue weighted by Gasteiger charge is 2.39. The molecule has 4 aromatic rings. The molecule has 9 nitrogen and oxygen atoms in total. The van der Waals surface area contributed by atoms with Crippen molar-refractivity contribution >= 4 is 31.8 Å². The average molecular weight is 559 g/mol. The van der Waals surface area contributed by atoms with Gasteiger partial charge in [0.05, 0.1) is 34.8 Å². The van der Waals surface area contributed by atoms with Gasteiger partial charge in [-0.25, -0.2) is 23.4 Å². The van der Waals surface area contributed by atoms with Crippen LogP contribution in [0.3, 0.4) is 0 Å². The van der Waals surface area contributed by atoms with Crippen LogP contribution < -0.4 is 10.1 Å². The largest absolute Gasteiger partial charge is 0.474 e. The zero-order chi connectivity index (χ0) is 27.7. The Hall–Kier alpha value is -3.55. The van der Waals surface area contributed by atoms with Gasteiger partial charge in [-0.05, 0) is 88.2 Å². The Morgan fingerprint density at radius 1 is 1.10 bits per heavy atom. The summed E-state index contributed by atoms with van der Waals surface area (Å²) < 4.78 is 33.9. The molecular formula is C30H34N6O3S. The van der Waals surface area contributed by atoms with Crippen LogP contribution in [-0.4, -0.2) is 52.6 Å². The number of piperidine rings is 1. The molecule has 2 atom stereocenters. The van der Waals surface area contributed by atoms with Crippen molar-refractivity contribution in [2.24, 2.45) is 11.8 Å². The number of pyridine rings is 1. The first-order valence-electron chi connectivity index (χ1n) is 14.1. The molecule has 3 aromatic heterocycles. The summed E-state index contributed by atoms with van der Waals surface area (Å²) in [7, 11) is -3.55. The van der Waals surface area contributed by atoms with Crippen LogP contribution in [0.2, 0.25) is 0 Å². The standard InChI is InChI=1S/C30H34N6O3S/c1-19-35-26-17-34-29-25(12-14-33-29)27(26)28(36-19)22-8-4-21(5-9-22)18-40(37,38)30(23-3-2-13-32-16-23)39-24-10-6-20(15-31)7-11-24/h6-7,10-12,14,17,21-23,30,32H,2-5,8-9,13,16,18H2,1H3,(H,33,34). The Bertz CT molecular complexity index is 1650. The SMILES string of the molecule is Cc1nc(C2CCC(CS(=O)(=O)C(Oc3ccc(C#N)cc3)C3CCCNC3)CC2)c2c(cnc3[nH]ccc32)n1. The van der Waals surface area contributed by atoms with Gasteiger partial charge < -0.3 is 15.0 Å². The fourth-order valence-corrected chi connectivity index (χ4v) is 8.67. The molecule has 40 heavy (non-hydrogen) atoms. The maximum absolute atomic E-state index is 13.9. The van der Waals surface area contributed by atoms with Crippen LogP contribution in [0.15, 0.2) is 42.7 Å². The number of H-pyrrole nitrogens is 1. The van der Waals surface area contributed by atoms with E-state index in [-0.39, 0.29) is 23.5 Å². The summed E-state index contributed by atoms with van der Waals surface area (Å²) >= 11 is 0. The molecule has 1 aliphatic heterocycles. The second-order valence-corrected chi connectivity index (χ2v) is 13.3. The number of aryl methyl sites for hydroxylation is 1. The van der Waals surface area contributed by atoms with Gasteiger partial charge in [0.15, 0.2) is 9.84 Å². The average Bonchev–Trinajstić information content (AvgIpc) is 3.45. The Labute approximate surface area is 234 Å². The third kappa shape index (κ3) is 5.40. The molecule has 4 heterocycles. The van der Waals surface area contributed by atoms with E-state index < -0.39 is 15.3 Å². The Balaban J connectivity index is 1.19. The number of aromatic amines is 1. The lowest BCUT2D eigenvalue weighted by Crippen LogP contribution is -2.45. The van der Waals surface area contributed by atoms with E-state index in [1.807, 2.05) is 19.2 Å². The van der Waals surface area contributed by atoms with E-state index in [0.29, 0.717) is 17.9 Å². The summed E-state index contributed by atoms with van der Waals surface area (Å²) in [6, 6.07) is 10.8. The minimum absolute atomic E-state index is 0.0769. The highest BCUT2D eigenvalue weighted by molar-refractivity contribution is 7.91. The smallest absolute Gasteiger partial charge is 0.203 e. The molecule has 1 aliphatic carbocycles. The van der Waals surface area contributed by atoms with Crippen molar-refractivity contribution in [2.75, 3.05) is 18.8 Å². The summed E-state index contributed by atoms with van der Waals surface area (Å²) in [6.07, 6.45) is 8.83. The molecule has 1 saturated heterocycles. The van der Waals surface area contributed by atoms with Gasteiger partial charge in [0.25, 0.3) is 0 Å². The summed E-state index contributed by atoms with van der Waals surface area (Å²) in [4.78, 5) is 17.2. The van der Waals surface area contributed by atoms with E-state index in [4.69, 9.17) is 15.0 Å². The van der Waals surface area contributed by atoms with E-state index in [0.717, 1.165) is 78.5 Å². The minimum atomic E-state index is -3.55. The van der Waals surface area contributed by atoms with E-state index in [2.05, 4.69) is 26.3 Å². The van der Waals surface area contributed by atoms with Crippen molar-refractivity contribution in [1.82, 2.24) is 25.3 Å². The Morgan fingerprint density at radius 2 is 1.90 bits per heavy atom. The van der Waals surface area contributed by atoms with Gasteiger partial charge in [0.2, 0.25) is 5.44 Å². The van der Waals surface area contributed by atoms with E-state index in [1.165, 1.54) is 0 Å². The number of rotatable bonds is 7. The van der Waals surface area contributed by atoms with Gasteiger partial charge in [-0.3, -0.25) is 0 Å². The molecule has 2 N–H and O–H groups in total. The zero-order valence-corrected chi connectivity index (χ0v) is 23.5. The van der Waals surface area contributed by atoms with Crippen molar-refractivity contribution < 1.29 is 13.2 Å². The third-order valence-corrected chi connectivity index (χ3v) is 10.5. The second kappa shape index (κ2) is 11.1. The fraction of sp³-hybridized carbons (Fsp3) is 0.467. The predicted molar refractivity (Wildman–Crippen MR) is 154 cm³/mol. The summed E-state index contributed by atoms with van der Waals surface area (Å²) in [5, 5.41) is 14.5. The number of sulfone groups is 1. The fourth-order valence-electron chi connectivity index (χ4n) is 6.42. The van der Waals surface area contributed by atoms with Crippen molar-refractivity contribution in [2.45, 2.75) is 56.8 Å². The van der Waals surface area contributed by atoms with Crippen molar-refractivity contribution in [3.8, 4) is 11.8 Å². The van der Waals surface area contributed by atoms with Gasteiger partial charge in [-0.1, -0.05) is 0 Å². The van der Waals surface area contributed by atoms with E-state index >= 15 is 0 Å². The lowest BCUT2D eigenvalue weighted by atomic mass is 9.80. The number of nitrogens with zero attached hydrogens (tertiary/aromatic N) is 4. The van der Waals surface area contributed by atoms with Crippen LogP contribution in [0.4, 0.5) is 0 Å². The van der Waals surface area contributed by atoms with Gasteiger partial charge in [-0.2, -0.15) is 5.26 Å². The first-order valence-corrected chi connectivity index (χ1v) is 15.8. The van der Waals surface area contributed by atoms with Crippen LogP contribution in [0.25, 0.3) is 21.9 Å². The number of nitriles is 1. The topological polar surface area (TPSA) is 134 Å². The Kier molecular flexibility index (Phi) is 7.43. The van der Waals surface area contributed by atoms with Crippen molar-refractivity contribution in [3.05, 3.63) is 59.8 Å². The van der Waals surface area contributed by atoms with Crippen LogP contribution in [0, 0.1) is 30.1 Å². The van der Waals surface area contributed by atoms with Gasteiger partial charge in [0.1, 0.15) is 17.2 Å². The number of hydrogen-bond donors (Lipinski definition) is 2. The Morgan fingerprint density at radius 3 is 2.62 bits per heavy atom. The van der Waals surface area contributed by atoms with Crippen LogP contribution in [-0.2, 0) is 9.84 Å². The van der Waals surface area contributed by atoms with Gasteiger partial charge in [-0.15, -0.1) is 0 Å². The van der Waals surface area contributed by atoms with Crippen LogP contribution in [0.1, 0.15) is 61.5 Å². The zero-order valence-electron chi connectivity index (χ0n) is 22.6. The molecule has 2 aliphatic rings. The van der Waals surface area contributed by atoms with Gasteiger partial charge in [0, 0.05) is 35.3 Å². The normalized spacial score (nSPS) is 22.6. The summed E-state index contributed by atoms with van der Waals surface area (Å²) in [5.74, 6) is 1.54. The minimum Gasteiger partial charge on any atom is -0.474 e. The third-order valence-electron chi connectivity index (χ3n) is 8.40. The molecule has 2 fully saturated rings. The first-order chi connectivity index (χ1) is 19.4. The maximum atomic E-state index is 13.9. The predicted octanol–water partition coefficient (Wildman–Crippen LogP) is 4.78. The highest BCUT2D eigenvalue weighted by Crippen LogP contribution is 2.40. The summed E-state index contributed by atoms with van der Waals surface area (Å²) in [6.45, 7) is 3.43. The molecule has 208 valence electrons. The van der Waals surface area contributed by atoms with Crippen molar-refractivity contribution in [1.29, 1.82) is 5.26 Å². The molecule has 1 saturated carbocycles. The maximum Gasteiger partial charge on any atom is 0.203 e. The molecule has 6 rings (SSSR count). The number of benzene rings is 1. The molecule has 0 amide bonds. The number of hydrogen-bond acceptors (Lipinski definition) is 8. The van der Waals surface area contributed by atoms with Crippen molar-refractivity contribution in [3.63, 3.8) is 0 Å². The van der Waals surface area contributed by atoms with E-state index in [1.54, 1.807) is 30.5 Å². The molecule has 10 heteroatoms. The second-order valence-electron chi connectivity index (χ2n) is 11.2. The molecule has 0 radical (unpaired) electrons. The quantitative estimate of drug-likeness (QED) is 0.331. The molecular weight excluding hydrogens is 524 g/mol. The highest BCUT2D eigenvalue weighted by atomic mass is 32.2. The first kappa shape index (κ1) is 26.7. The van der Waals surface area contributed by atoms with Crippen LogP contribution >= 0.6 is 0 Å². The van der Waals surface area contributed by atoms with E-state index in [9.17, 15) is 8.42 Å². The number of aromatic nitrogens is 4. The summed E-state index contributed by atoms with van der Waals surface area (Å²) in [5.41, 5.74) is 2.33. The van der Waals surface area contributed by atoms with Crippen LogP contribution in [0.5, 0.6) is 5.75 Å². The molecule has 1 aromatic carbocycles. The van der Waals surface area contributed by atoms with Gasteiger partial charge >= 0.3 is 0 Å². The molecule has 0 spiro atoms. The number of ether oxygens (including phenoxy) is 1. The molecule has 2 unspecified atom stereocenters. The lowest BCUT2D eigenvalue weighted by molar-refractivity contribution is 0.177. The monoisotopic (exact) mass is 558 g/mol. The molecule has 0 bridgehead atoms. The lowest BCUT2D eigenvalue weighted by Gasteiger charge is -2.33. The number of nitrogens with one attached hydrogen (secondary N) is 2.